The summed E-state index contributed by atoms with van der Waals surface area (Å²) in [4.78, 5) is 32.7. The van der Waals surface area contributed by atoms with Crippen molar-refractivity contribution in [2.45, 2.75) is 31.8 Å². The first kappa shape index (κ1) is 23.4. The molecule has 0 radical (unpaired) electrons. The molecule has 1 aromatic heterocycles. The largest absolute Gasteiger partial charge is 0.368 e. The van der Waals surface area contributed by atoms with Crippen molar-refractivity contribution in [1.82, 2.24) is 14.5 Å². The predicted octanol–water partition coefficient (Wildman–Crippen LogP) is 5.17. The van der Waals surface area contributed by atoms with Gasteiger partial charge in [0.15, 0.2) is 0 Å². The number of nitrogens with zero attached hydrogens (tertiary/aromatic N) is 3. The van der Waals surface area contributed by atoms with Crippen LogP contribution < -0.4 is 5.73 Å². The van der Waals surface area contributed by atoms with Crippen molar-refractivity contribution in [3.63, 3.8) is 0 Å². The SMILES string of the molecule is C=Cc1ncc(C(=O)N([C@@H]2CCc3c(F)cc(Cl)cc32)[C@@H](C(N)=O)c2ccccc2)n1/C=C\C. The molecule has 0 spiro atoms. The van der Waals surface area contributed by atoms with Crippen LogP contribution >= 0.6 is 11.6 Å². The summed E-state index contributed by atoms with van der Waals surface area (Å²) in [6.45, 7) is 5.57. The molecule has 0 unspecified atom stereocenters. The number of halogens is 2. The lowest BCUT2D eigenvalue weighted by Gasteiger charge is -2.35. The molecule has 0 aliphatic heterocycles. The molecule has 6 nitrogen and oxygen atoms in total. The summed E-state index contributed by atoms with van der Waals surface area (Å²) in [7, 11) is 0. The van der Waals surface area contributed by atoms with E-state index in [-0.39, 0.29) is 10.7 Å². The molecule has 8 heteroatoms. The maximum atomic E-state index is 14.7. The van der Waals surface area contributed by atoms with Gasteiger partial charge in [0.1, 0.15) is 23.4 Å². The number of imidazole rings is 1. The number of allylic oxidation sites excluding steroid dienone is 1. The number of primary amides is 1. The van der Waals surface area contributed by atoms with E-state index in [1.54, 1.807) is 47.2 Å². The van der Waals surface area contributed by atoms with Crippen molar-refractivity contribution < 1.29 is 14.0 Å². The van der Waals surface area contributed by atoms with Crippen LogP contribution in [0.2, 0.25) is 5.02 Å². The minimum absolute atomic E-state index is 0.221. The first-order valence-electron chi connectivity index (χ1n) is 10.8. The van der Waals surface area contributed by atoms with E-state index in [4.69, 9.17) is 17.3 Å². The highest BCUT2D eigenvalue weighted by Gasteiger charge is 2.41. The number of fused-ring (bicyclic) bond motifs is 1. The van der Waals surface area contributed by atoms with Crippen LogP contribution in [-0.2, 0) is 11.2 Å². The Bertz CT molecular complexity index is 1290. The molecule has 1 aliphatic carbocycles. The van der Waals surface area contributed by atoms with Gasteiger partial charge in [0.05, 0.1) is 12.2 Å². The molecule has 0 fully saturated rings. The number of carbonyl (C=O) groups is 2. The molecule has 174 valence electrons. The smallest absolute Gasteiger partial charge is 0.273 e. The maximum absolute atomic E-state index is 14.7. The Hall–Kier alpha value is -3.71. The lowest BCUT2D eigenvalue weighted by atomic mass is 9.98. The number of hydrogen-bond acceptors (Lipinski definition) is 3. The van der Waals surface area contributed by atoms with Gasteiger partial charge in [0.2, 0.25) is 5.91 Å². The summed E-state index contributed by atoms with van der Waals surface area (Å²) in [5.74, 6) is -1.13. The highest BCUT2D eigenvalue weighted by molar-refractivity contribution is 6.30. The van der Waals surface area contributed by atoms with Crippen LogP contribution in [0.1, 0.15) is 58.4 Å². The third kappa shape index (κ3) is 4.15. The average molecular weight is 479 g/mol. The summed E-state index contributed by atoms with van der Waals surface area (Å²) in [5, 5.41) is 0.221. The Morgan fingerprint density at radius 3 is 2.71 bits per heavy atom. The van der Waals surface area contributed by atoms with E-state index in [0.29, 0.717) is 35.4 Å². The number of rotatable bonds is 7. The van der Waals surface area contributed by atoms with Crippen LogP contribution in [0, 0.1) is 5.82 Å². The minimum Gasteiger partial charge on any atom is -0.368 e. The average Bonchev–Trinajstić information content (AvgIpc) is 3.41. The van der Waals surface area contributed by atoms with Gasteiger partial charge in [0, 0.05) is 11.2 Å². The van der Waals surface area contributed by atoms with Crippen LogP contribution in [0.25, 0.3) is 12.3 Å². The van der Waals surface area contributed by atoms with Crippen molar-refractivity contribution in [3.05, 3.63) is 100 Å². The quantitative estimate of drug-likeness (QED) is 0.509. The zero-order valence-corrected chi connectivity index (χ0v) is 19.4. The Morgan fingerprint density at radius 1 is 1.32 bits per heavy atom. The van der Waals surface area contributed by atoms with E-state index in [0.717, 1.165) is 0 Å². The highest BCUT2D eigenvalue weighted by atomic mass is 35.5. The molecule has 4 rings (SSSR count). The fraction of sp³-hybridized carbons (Fsp3) is 0.192. The molecule has 0 saturated heterocycles. The summed E-state index contributed by atoms with van der Waals surface area (Å²) in [6, 6.07) is 10.0. The number of carbonyl (C=O) groups excluding carboxylic acids is 2. The number of nitrogens with two attached hydrogens (primary N) is 1. The number of hydrogen-bond donors (Lipinski definition) is 1. The van der Waals surface area contributed by atoms with E-state index in [9.17, 15) is 14.0 Å². The van der Waals surface area contributed by atoms with Gasteiger partial charge in [-0.25, -0.2) is 9.37 Å². The molecule has 34 heavy (non-hydrogen) atoms. The summed E-state index contributed by atoms with van der Waals surface area (Å²) < 4.78 is 16.3. The maximum Gasteiger partial charge on any atom is 0.273 e. The highest BCUT2D eigenvalue weighted by Crippen LogP contribution is 2.43. The van der Waals surface area contributed by atoms with Crippen molar-refractivity contribution in [3.8, 4) is 0 Å². The second-order valence-corrected chi connectivity index (χ2v) is 8.43. The van der Waals surface area contributed by atoms with Gasteiger partial charge in [-0.15, -0.1) is 0 Å². The van der Waals surface area contributed by atoms with Gasteiger partial charge in [-0.1, -0.05) is 54.6 Å². The third-order valence-corrected chi connectivity index (χ3v) is 6.20. The lowest BCUT2D eigenvalue weighted by Crippen LogP contribution is -2.44. The van der Waals surface area contributed by atoms with E-state index < -0.39 is 29.7 Å². The fourth-order valence-corrected chi connectivity index (χ4v) is 4.78. The normalized spacial score (nSPS) is 15.8. The molecule has 2 atom stereocenters. The standard InChI is InChI=1S/C26H24ClFN4O2/c1-3-12-31-22(15-30-23(31)4-2)26(34)32(24(25(29)33)16-8-6-5-7-9-16)21-11-10-18-19(21)13-17(27)14-20(18)28/h3-9,12-15,21,24H,2,10-11H2,1H3,(H2,29,33)/b12-3-/t21-,24-/m1/s1. The van der Waals surface area contributed by atoms with Gasteiger partial charge >= 0.3 is 0 Å². The monoisotopic (exact) mass is 478 g/mol. The van der Waals surface area contributed by atoms with Gasteiger partial charge in [-0.2, -0.15) is 0 Å². The summed E-state index contributed by atoms with van der Waals surface area (Å²) in [6.07, 6.45) is 7.24. The zero-order chi connectivity index (χ0) is 24.4. The second-order valence-electron chi connectivity index (χ2n) is 8.00. The van der Waals surface area contributed by atoms with Crippen LogP contribution in [-0.4, -0.2) is 26.3 Å². The molecule has 1 heterocycles. The van der Waals surface area contributed by atoms with E-state index >= 15 is 0 Å². The van der Waals surface area contributed by atoms with Gasteiger partial charge in [-0.05, 0) is 54.7 Å². The van der Waals surface area contributed by atoms with Gasteiger partial charge in [-0.3, -0.25) is 14.2 Å². The lowest BCUT2D eigenvalue weighted by molar-refractivity contribution is -0.123. The van der Waals surface area contributed by atoms with Crippen molar-refractivity contribution >= 4 is 35.7 Å². The Labute approximate surface area is 202 Å². The van der Waals surface area contributed by atoms with Crippen LogP contribution in [0.4, 0.5) is 4.39 Å². The van der Waals surface area contributed by atoms with Crippen molar-refractivity contribution in [1.29, 1.82) is 0 Å². The summed E-state index contributed by atoms with van der Waals surface area (Å²) in [5.41, 5.74) is 7.71. The number of benzene rings is 2. The van der Waals surface area contributed by atoms with Gasteiger partial charge < -0.3 is 10.6 Å². The zero-order valence-electron chi connectivity index (χ0n) is 18.6. The minimum atomic E-state index is -1.09. The van der Waals surface area contributed by atoms with Crippen molar-refractivity contribution in [2.75, 3.05) is 0 Å². The number of amides is 2. The fourth-order valence-electron chi connectivity index (χ4n) is 4.57. The molecular weight excluding hydrogens is 455 g/mol. The third-order valence-electron chi connectivity index (χ3n) is 5.98. The predicted molar refractivity (Wildman–Crippen MR) is 130 cm³/mol. The first-order chi connectivity index (χ1) is 16.4. The molecule has 1 aliphatic rings. The van der Waals surface area contributed by atoms with Crippen LogP contribution in [0.5, 0.6) is 0 Å². The Balaban J connectivity index is 1.92. The molecule has 0 bridgehead atoms. The molecule has 0 saturated carbocycles. The van der Waals surface area contributed by atoms with E-state index in [1.807, 2.05) is 13.0 Å². The number of aromatic nitrogens is 2. The van der Waals surface area contributed by atoms with Crippen LogP contribution in [0.15, 0.2) is 61.3 Å². The molecule has 2 amide bonds. The van der Waals surface area contributed by atoms with E-state index in [2.05, 4.69) is 11.6 Å². The Kier molecular flexibility index (Phi) is 6.65. The second kappa shape index (κ2) is 9.65. The summed E-state index contributed by atoms with van der Waals surface area (Å²) >= 11 is 6.17. The van der Waals surface area contributed by atoms with E-state index in [1.165, 1.54) is 23.2 Å². The van der Waals surface area contributed by atoms with Crippen LogP contribution in [0.3, 0.4) is 0 Å². The van der Waals surface area contributed by atoms with Crippen molar-refractivity contribution in [2.24, 2.45) is 5.73 Å². The Morgan fingerprint density at radius 2 is 2.06 bits per heavy atom. The molecule has 2 N–H and O–H groups in total. The molecule has 2 aromatic carbocycles. The topological polar surface area (TPSA) is 81.2 Å². The molecule has 3 aromatic rings. The first-order valence-corrected chi connectivity index (χ1v) is 11.2. The molecular formula is C26H24ClFN4O2. The van der Waals surface area contributed by atoms with Gasteiger partial charge in [0.25, 0.3) is 5.91 Å².